The van der Waals surface area contributed by atoms with Crippen LogP contribution in [0.2, 0.25) is 0 Å². The average Bonchev–Trinajstić information content (AvgIpc) is 1.88. The Kier molecular flexibility index (Phi) is 2.37. The van der Waals surface area contributed by atoms with Crippen LogP contribution < -0.4 is 9.26 Å². The molecule has 0 unspecified atom stereocenters. The Morgan fingerprint density at radius 2 is 2.20 bits per heavy atom. The first-order valence-electron chi connectivity index (χ1n) is 2.97. The summed E-state index contributed by atoms with van der Waals surface area (Å²) in [6, 6.07) is 5.80. The van der Waals surface area contributed by atoms with Crippen molar-refractivity contribution >= 4 is 34.2 Å². The monoisotopic (exact) mass is 248 g/mol. The highest BCUT2D eigenvalue weighted by molar-refractivity contribution is 14.1. The van der Waals surface area contributed by atoms with Gasteiger partial charge in [0.1, 0.15) is 0 Å². The zero-order chi connectivity index (χ0) is 7.56. The molecule has 2 nitrogen and oxygen atoms in total. The molecule has 54 valence electrons. The van der Waals surface area contributed by atoms with Crippen LogP contribution in [0.15, 0.2) is 18.2 Å². The van der Waals surface area contributed by atoms with Crippen LogP contribution in [-0.4, -0.2) is 0 Å². The average molecular weight is 248 g/mol. The number of halogens is 1. The molecule has 0 saturated heterocycles. The van der Waals surface area contributed by atoms with Gasteiger partial charge >= 0.3 is 0 Å². The zero-order valence-corrected chi connectivity index (χ0v) is 7.84. The third kappa shape index (κ3) is 1.53. The Morgan fingerprint density at radius 1 is 1.50 bits per heavy atom. The van der Waals surface area contributed by atoms with Gasteiger partial charge in [-0.3, -0.25) is 0 Å². The third-order valence-corrected chi connectivity index (χ3v) is 1.93. The molecule has 0 heterocycles. The van der Waals surface area contributed by atoms with Crippen LogP contribution >= 0.6 is 22.9 Å². The summed E-state index contributed by atoms with van der Waals surface area (Å²) >= 11 is 2.10. The van der Waals surface area contributed by atoms with E-state index in [0.29, 0.717) is 0 Å². The molecule has 1 aromatic carbocycles. The van der Waals surface area contributed by atoms with Crippen molar-refractivity contribution in [2.45, 2.75) is 6.92 Å². The maximum Gasteiger partial charge on any atom is 0.0560 e. The number of rotatable bonds is 1. The zero-order valence-electron chi connectivity index (χ0n) is 5.69. The minimum atomic E-state index is 0.813. The minimum Gasteiger partial charge on any atom is -0.399 e. The van der Waals surface area contributed by atoms with Gasteiger partial charge in [-0.05, 0) is 30.7 Å². The fourth-order valence-electron chi connectivity index (χ4n) is 0.793. The van der Waals surface area contributed by atoms with E-state index in [9.17, 15) is 0 Å². The van der Waals surface area contributed by atoms with E-state index in [1.165, 1.54) is 5.56 Å². The van der Waals surface area contributed by atoms with Crippen molar-refractivity contribution in [2.75, 3.05) is 9.26 Å². The lowest BCUT2D eigenvalue weighted by molar-refractivity contribution is 1.48. The number of hydrogen-bond donors (Lipinski definition) is 2. The summed E-state index contributed by atoms with van der Waals surface area (Å²) < 4.78 is 3.04. The molecule has 3 heteroatoms. The highest BCUT2D eigenvalue weighted by atomic mass is 127. The Morgan fingerprint density at radius 3 is 2.70 bits per heavy atom. The second kappa shape index (κ2) is 3.09. The van der Waals surface area contributed by atoms with E-state index in [1.807, 2.05) is 25.1 Å². The Bertz CT molecular complexity index is 235. The first-order valence-corrected chi connectivity index (χ1v) is 4.04. The molecule has 0 amide bonds. The molecule has 0 radical (unpaired) electrons. The number of nitrogens with one attached hydrogen (secondary N) is 1. The standard InChI is InChI=1S/C7H9IN2/c1-5-4-6(9)2-3-7(5)10-8/h2-4,10H,9H2,1H3. The van der Waals surface area contributed by atoms with Crippen molar-refractivity contribution < 1.29 is 0 Å². The molecular formula is C7H9IN2. The molecule has 10 heavy (non-hydrogen) atoms. The predicted molar refractivity (Wildman–Crippen MR) is 53.2 cm³/mol. The summed E-state index contributed by atoms with van der Waals surface area (Å²) in [5.41, 5.74) is 8.66. The molecule has 0 atom stereocenters. The van der Waals surface area contributed by atoms with E-state index in [-0.39, 0.29) is 0 Å². The number of hydrogen-bond acceptors (Lipinski definition) is 2. The van der Waals surface area contributed by atoms with Gasteiger partial charge in [-0.25, -0.2) is 0 Å². The summed E-state index contributed by atoms with van der Waals surface area (Å²) in [5.74, 6) is 0. The summed E-state index contributed by atoms with van der Waals surface area (Å²) in [6.07, 6.45) is 0. The lowest BCUT2D eigenvalue weighted by atomic mass is 10.2. The highest BCUT2D eigenvalue weighted by Crippen LogP contribution is 2.18. The first-order chi connectivity index (χ1) is 4.74. The van der Waals surface area contributed by atoms with E-state index >= 15 is 0 Å². The molecule has 3 N–H and O–H groups in total. The van der Waals surface area contributed by atoms with Crippen LogP contribution in [0.4, 0.5) is 11.4 Å². The van der Waals surface area contributed by atoms with Crippen LogP contribution in [0, 0.1) is 6.92 Å². The van der Waals surface area contributed by atoms with Crippen LogP contribution in [0.25, 0.3) is 0 Å². The van der Waals surface area contributed by atoms with Gasteiger partial charge < -0.3 is 9.26 Å². The molecule has 0 aliphatic heterocycles. The van der Waals surface area contributed by atoms with Gasteiger partial charge in [-0.15, -0.1) is 0 Å². The van der Waals surface area contributed by atoms with Crippen molar-refractivity contribution in [3.8, 4) is 0 Å². The summed E-state index contributed by atoms with van der Waals surface area (Å²) in [7, 11) is 0. The van der Waals surface area contributed by atoms with E-state index in [2.05, 4.69) is 26.4 Å². The highest BCUT2D eigenvalue weighted by Gasteiger charge is 1.93. The molecule has 0 aliphatic carbocycles. The van der Waals surface area contributed by atoms with E-state index in [1.54, 1.807) is 0 Å². The number of nitrogen functional groups attached to an aromatic ring is 1. The van der Waals surface area contributed by atoms with Gasteiger partial charge in [-0.1, -0.05) is 0 Å². The molecule has 1 rings (SSSR count). The second-order valence-corrected chi connectivity index (χ2v) is 2.71. The minimum absolute atomic E-state index is 0.813. The molecule has 0 aliphatic rings. The van der Waals surface area contributed by atoms with E-state index in [0.717, 1.165) is 11.4 Å². The summed E-state index contributed by atoms with van der Waals surface area (Å²) in [4.78, 5) is 0. The van der Waals surface area contributed by atoms with Crippen LogP contribution in [0.3, 0.4) is 0 Å². The topological polar surface area (TPSA) is 38.0 Å². The molecule has 0 bridgehead atoms. The maximum atomic E-state index is 5.55. The largest absolute Gasteiger partial charge is 0.399 e. The van der Waals surface area contributed by atoms with Gasteiger partial charge in [0, 0.05) is 11.4 Å². The molecule has 0 aromatic heterocycles. The molecule has 1 aromatic rings. The van der Waals surface area contributed by atoms with Crippen molar-refractivity contribution in [3.05, 3.63) is 23.8 Å². The lowest BCUT2D eigenvalue weighted by Crippen LogP contribution is -1.88. The first kappa shape index (κ1) is 7.65. The lowest BCUT2D eigenvalue weighted by Gasteiger charge is -2.02. The molecular weight excluding hydrogens is 239 g/mol. The van der Waals surface area contributed by atoms with Gasteiger partial charge in [-0.2, -0.15) is 0 Å². The van der Waals surface area contributed by atoms with E-state index < -0.39 is 0 Å². The van der Waals surface area contributed by atoms with Crippen molar-refractivity contribution in [1.82, 2.24) is 0 Å². The molecule has 0 spiro atoms. The number of anilines is 2. The van der Waals surface area contributed by atoms with Crippen molar-refractivity contribution in [3.63, 3.8) is 0 Å². The Labute approximate surface area is 74.3 Å². The summed E-state index contributed by atoms with van der Waals surface area (Å²) in [6.45, 7) is 2.03. The summed E-state index contributed by atoms with van der Waals surface area (Å²) in [5, 5.41) is 0. The smallest absolute Gasteiger partial charge is 0.0560 e. The molecule has 0 saturated carbocycles. The van der Waals surface area contributed by atoms with Crippen LogP contribution in [0.5, 0.6) is 0 Å². The SMILES string of the molecule is Cc1cc(N)ccc1NI. The fourth-order valence-corrected chi connectivity index (χ4v) is 1.40. The van der Waals surface area contributed by atoms with Crippen LogP contribution in [-0.2, 0) is 0 Å². The van der Waals surface area contributed by atoms with E-state index in [4.69, 9.17) is 5.73 Å². The quantitative estimate of drug-likeness (QED) is 0.454. The number of nitrogens with two attached hydrogens (primary N) is 1. The van der Waals surface area contributed by atoms with Crippen LogP contribution in [0.1, 0.15) is 5.56 Å². The van der Waals surface area contributed by atoms with Gasteiger partial charge in [0.05, 0.1) is 22.9 Å². The van der Waals surface area contributed by atoms with Gasteiger partial charge in [0.25, 0.3) is 0 Å². The maximum absolute atomic E-state index is 5.55. The number of benzene rings is 1. The number of aryl methyl sites for hydroxylation is 1. The normalized spacial score (nSPS) is 9.40. The van der Waals surface area contributed by atoms with Gasteiger partial charge in [0.15, 0.2) is 0 Å². The van der Waals surface area contributed by atoms with Crippen molar-refractivity contribution in [1.29, 1.82) is 0 Å². The second-order valence-electron chi connectivity index (χ2n) is 2.17. The predicted octanol–water partition coefficient (Wildman–Crippen LogP) is 2.34. The van der Waals surface area contributed by atoms with Gasteiger partial charge in [0.2, 0.25) is 0 Å². The van der Waals surface area contributed by atoms with Crippen molar-refractivity contribution in [2.24, 2.45) is 0 Å². The third-order valence-electron chi connectivity index (χ3n) is 1.35. The fraction of sp³-hybridized carbons (Fsp3) is 0.143. The Balaban J connectivity index is 3.07. The Hall–Kier alpha value is -0.450. The molecule has 0 fully saturated rings.